The molecular weight excluding hydrogens is 380 g/mol. The Kier molecular flexibility index (Phi) is 10.1. The molecule has 1 saturated carbocycles. The average molecular weight is 429 g/mol. The van der Waals surface area contributed by atoms with Crippen molar-refractivity contribution in [1.82, 2.24) is 0 Å². The van der Waals surface area contributed by atoms with Gasteiger partial charge in [0.2, 0.25) is 0 Å². The number of ether oxygens (including phenoxy) is 2. The second-order valence-corrected chi connectivity index (χ2v) is 15.9. The van der Waals surface area contributed by atoms with E-state index in [1.54, 1.807) is 7.11 Å². The van der Waals surface area contributed by atoms with E-state index in [0.29, 0.717) is 25.2 Å². The molecule has 1 aliphatic rings. The lowest BCUT2D eigenvalue weighted by Gasteiger charge is -2.54. The van der Waals surface area contributed by atoms with Gasteiger partial charge in [-0.2, -0.15) is 0 Å². The van der Waals surface area contributed by atoms with Gasteiger partial charge in [0.1, 0.15) is 6.79 Å². The molecule has 172 valence electrons. The van der Waals surface area contributed by atoms with Gasteiger partial charge in [0.25, 0.3) is 0 Å². The van der Waals surface area contributed by atoms with Crippen LogP contribution in [-0.2, 0) is 13.9 Å². The van der Waals surface area contributed by atoms with Gasteiger partial charge >= 0.3 is 0 Å². The fourth-order valence-electron chi connectivity index (χ4n) is 4.55. The molecule has 0 aromatic heterocycles. The van der Waals surface area contributed by atoms with E-state index in [9.17, 15) is 5.11 Å². The molecule has 29 heavy (non-hydrogen) atoms. The Labute approximate surface area is 181 Å². The molecule has 0 heterocycles. The molecule has 1 fully saturated rings. The highest BCUT2D eigenvalue weighted by Gasteiger charge is 2.53. The molecule has 1 aliphatic carbocycles. The largest absolute Gasteiger partial charge is 0.416 e. The molecule has 0 bridgehead atoms. The summed E-state index contributed by atoms with van der Waals surface area (Å²) >= 11 is 0. The van der Waals surface area contributed by atoms with Crippen molar-refractivity contribution in [2.24, 2.45) is 23.2 Å². The maximum Gasteiger partial charge on any atom is 0.192 e. The van der Waals surface area contributed by atoms with Gasteiger partial charge < -0.3 is 19.0 Å². The number of allylic oxidation sites excluding steroid dienone is 2. The van der Waals surface area contributed by atoms with Crippen LogP contribution in [0.2, 0.25) is 18.1 Å². The van der Waals surface area contributed by atoms with E-state index >= 15 is 0 Å². The molecule has 0 unspecified atom stereocenters. The minimum atomic E-state index is -1.92. The number of hydrogen-bond acceptors (Lipinski definition) is 4. The molecule has 0 amide bonds. The van der Waals surface area contributed by atoms with Crippen molar-refractivity contribution in [3.8, 4) is 0 Å². The summed E-state index contributed by atoms with van der Waals surface area (Å²) in [7, 11) is -0.234. The number of methoxy groups -OCH3 is 1. The summed E-state index contributed by atoms with van der Waals surface area (Å²) in [6.07, 6.45) is 5.52. The van der Waals surface area contributed by atoms with Gasteiger partial charge in [0.05, 0.1) is 6.10 Å². The smallest absolute Gasteiger partial charge is 0.192 e. The molecule has 5 atom stereocenters. The first-order valence-corrected chi connectivity index (χ1v) is 14.2. The Balaban J connectivity index is 3.43. The van der Waals surface area contributed by atoms with Crippen molar-refractivity contribution in [1.29, 1.82) is 0 Å². The van der Waals surface area contributed by atoms with Crippen molar-refractivity contribution in [3.05, 3.63) is 11.6 Å². The van der Waals surface area contributed by atoms with Crippen LogP contribution in [0.3, 0.4) is 0 Å². The Morgan fingerprint density at radius 3 is 2.34 bits per heavy atom. The quantitative estimate of drug-likeness (QED) is 0.263. The summed E-state index contributed by atoms with van der Waals surface area (Å²) < 4.78 is 18.5. The number of aliphatic hydroxyl groups is 1. The maximum atomic E-state index is 10.1. The summed E-state index contributed by atoms with van der Waals surface area (Å²) in [6.45, 7) is 21.5. The minimum absolute atomic E-state index is 0.0515. The van der Waals surface area contributed by atoms with Crippen LogP contribution in [0.25, 0.3) is 0 Å². The van der Waals surface area contributed by atoms with E-state index < -0.39 is 8.32 Å². The lowest BCUT2D eigenvalue weighted by Crippen LogP contribution is -2.57. The highest BCUT2D eigenvalue weighted by Crippen LogP contribution is 2.52. The second kappa shape index (κ2) is 10.9. The Morgan fingerprint density at radius 2 is 1.86 bits per heavy atom. The van der Waals surface area contributed by atoms with Gasteiger partial charge in [-0.15, -0.1) is 0 Å². The van der Waals surface area contributed by atoms with E-state index in [1.165, 1.54) is 5.57 Å². The molecule has 4 nitrogen and oxygen atoms in total. The fraction of sp³-hybridized carbons (Fsp3) is 0.917. The lowest BCUT2D eigenvalue weighted by molar-refractivity contribution is -0.190. The van der Waals surface area contributed by atoms with E-state index in [1.807, 2.05) is 0 Å². The van der Waals surface area contributed by atoms with Gasteiger partial charge in [-0.05, 0) is 69.0 Å². The molecule has 0 radical (unpaired) electrons. The van der Waals surface area contributed by atoms with Crippen LogP contribution >= 0.6 is 0 Å². The van der Waals surface area contributed by atoms with Crippen molar-refractivity contribution < 1.29 is 19.0 Å². The molecule has 0 aromatic rings. The molecule has 0 aromatic carbocycles. The topological polar surface area (TPSA) is 47.9 Å². The Hall–Kier alpha value is -0.203. The third-order valence-corrected chi connectivity index (χ3v) is 12.0. The molecule has 1 rings (SSSR count). The van der Waals surface area contributed by atoms with Crippen LogP contribution in [0.4, 0.5) is 0 Å². The number of hydrogen-bond donors (Lipinski definition) is 1. The zero-order valence-electron chi connectivity index (χ0n) is 20.8. The number of rotatable bonds is 10. The SMILES string of the molecule is COCO[C@H]1[C@H](C)CC[C@H]([C@H](C)CO)[C@@]1(CC=C(C)C)CO[Si](C)(C)C(C)(C)C. The minimum Gasteiger partial charge on any atom is -0.416 e. The van der Waals surface area contributed by atoms with Gasteiger partial charge in [-0.25, -0.2) is 0 Å². The van der Waals surface area contributed by atoms with E-state index in [0.717, 1.165) is 19.3 Å². The van der Waals surface area contributed by atoms with Crippen LogP contribution in [0.15, 0.2) is 11.6 Å². The van der Waals surface area contributed by atoms with E-state index in [-0.39, 0.29) is 29.1 Å². The summed E-state index contributed by atoms with van der Waals surface area (Å²) in [5.74, 6) is 0.997. The first-order chi connectivity index (χ1) is 13.3. The molecular formula is C24H48O4Si. The van der Waals surface area contributed by atoms with Crippen LogP contribution in [0.5, 0.6) is 0 Å². The van der Waals surface area contributed by atoms with Crippen molar-refractivity contribution in [3.63, 3.8) is 0 Å². The first kappa shape index (κ1) is 26.8. The number of aliphatic hydroxyl groups excluding tert-OH is 1. The first-order valence-electron chi connectivity index (χ1n) is 11.3. The highest BCUT2D eigenvalue weighted by atomic mass is 28.4. The van der Waals surface area contributed by atoms with Crippen LogP contribution in [0, 0.1) is 23.2 Å². The zero-order chi connectivity index (χ0) is 22.5. The standard InChI is InChI=1S/C24H48O4Si/c1-18(2)13-14-24(16-28-29(9,10)23(5,6)7)21(20(4)15-25)12-11-19(3)22(24)27-17-26-8/h13,19-22,25H,11-12,14-17H2,1-10H3/t19-,20-,21-,22+,24-/m1/s1. The third-order valence-electron chi connectivity index (χ3n) is 7.49. The van der Waals surface area contributed by atoms with Crippen LogP contribution < -0.4 is 0 Å². The van der Waals surface area contributed by atoms with Gasteiger partial charge in [0, 0.05) is 25.7 Å². The summed E-state index contributed by atoms with van der Waals surface area (Å²) in [5, 5.41) is 10.2. The summed E-state index contributed by atoms with van der Waals surface area (Å²) in [5.41, 5.74) is 1.15. The summed E-state index contributed by atoms with van der Waals surface area (Å²) in [4.78, 5) is 0. The fourth-order valence-corrected chi connectivity index (χ4v) is 5.61. The van der Waals surface area contributed by atoms with Gasteiger partial charge in [-0.3, -0.25) is 0 Å². The van der Waals surface area contributed by atoms with E-state index in [4.69, 9.17) is 13.9 Å². The monoisotopic (exact) mass is 428 g/mol. The van der Waals surface area contributed by atoms with E-state index in [2.05, 4.69) is 67.6 Å². The highest BCUT2D eigenvalue weighted by molar-refractivity contribution is 6.74. The van der Waals surface area contributed by atoms with Crippen LogP contribution in [-0.4, -0.2) is 46.6 Å². The van der Waals surface area contributed by atoms with Crippen molar-refractivity contribution in [2.75, 3.05) is 27.1 Å². The Morgan fingerprint density at radius 1 is 1.24 bits per heavy atom. The van der Waals surface area contributed by atoms with Crippen molar-refractivity contribution in [2.45, 2.75) is 92.0 Å². The van der Waals surface area contributed by atoms with Crippen molar-refractivity contribution >= 4 is 8.32 Å². The van der Waals surface area contributed by atoms with Gasteiger partial charge in [0.15, 0.2) is 8.32 Å². The molecule has 5 heteroatoms. The predicted molar refractivity (Wildman–Crippen MR) is 125 cm³/mol. The molecule has 0 aliphatic heterocycles. The average Bonchev–Trinajstić information content (AvgIpc) is 2.62. The predicted octanol–water partition coefficient (Wildman–Crippen LogP) is 6.01. The molecule has 1 N–H and O–H groups in total. The zero-order valence-corrected chi connectivity index (χ0v) is 21.8. The maximum absolute atomic E-state index is 10.1. The van der Waals surface area contributed by atoms with Gasteiger partial charge in [-0.1, -0.05) is 46.3 Å². The second-order valence-electron chi connectivity index (χ2n) is 11.1. The molecule has 0 saturated heterocycles. The van der Waals surface area contributed by atoms with Crippen LogP contribution in [0.1, 0.15) is 67.7 Å². The summed E-state index contributed by atoms with van der Waals surface area (Å²) in [6, 6.07) is 0. The molecule has 0 spiro atoms. The lowest BCUT2D eigenvalue weighted by atomic mass is 9.56. The Bertz CT molecular complexity index is 521. The third kappa shape index (κ3) is 6.64. The normalized spacial score (nSPS) is 29.6.